The lowest BCUT2D eigenvalue weighted by atomic mass is 9.77. The minimum Gasteiger partial charge on any atom is -0.394 e. The van der Waals surface area contributed by atoms with Crippen molar-refractivity contribution in [2.45, 2.75) is 209 Å². The average Bonchev–Trinajstić information content (AvgIpc) is 1.58. The van der Waals surface area contributed by atoms with Gasteiger partial charge in [0.1, 0.15) is 49.5 Å². The molecule has 7 atom stereocenters. The van der Waals surface area contributed by atoms with Crippen LogP contribution >= 0.6 is 11.8 Å². The number of aliphatic imine (C=N–C) groups is 1. The number of thioether (sulfide) groups is 1. The Morgan fingerprint density at radius 1 is 0.695 bits per heavy atom. The summed E-state index contributed by atoms with van der Waals surface area (Å²) in [6, 6.07) is 9.83. The number of thiol groups is 1. The molecule has 0 spiro atoms. The molecule has 131 heavy (non-hydrogen) atoms. The molecule has 2 heterocycles. The molecule has 1 fully saturated rings. The van der Waals surface area contributed by atoms with Crippen molar-refractivity contribution in [3.05, 3.63) is 137 Å². The van der Waals surface area contributed by atoms with Crippen LogP contribution in [0.1, 0.15) is 161 Å². The van der Waals surface area contributed by atoms with E-state index in [1.165, 1.54) is 42.8 Å². The van der Waals surface area contributed by atoms with Crippen molar-refractivity contribution in [3.8, 4) is 0 Å². The molecule has 5 rings (SSSR count). The number of likely N-dealkylation sites (N-methyl/N-ethyl adjacent to an activating group) is 2. The number of aryl methyl sites for hydroxylation is 1. The number of nitrogens with zero attached hydrogens (tertiary/aromatic N) is 4. The molecular weight excluding hydrogens is 1750 g/mol. The molecular formula is C89H135N21O18S3. The fourth-order valence-electron chi connectivity index (χ4n) is 14.7. The van der Waals surface area contributed by atoms with E-state index in [0.29, 0.717) is 57.3 Å². The Morgan fingerprint density at radius 2 is 1.31 bits per heavy atom. The van der Waals surface area contributed by atoms with E-state index < -0.39 is 147 Å². The summed E-state index contributed by atoms with van der Waals surface area (Å²) in [7, 11) is -4.18. The second kappa shape index (κ2) is 55.5. The Kier molecular flexibility index (Phi) is 46.6. The quantitative estimate of drug-likeness (QED) is 0.00731. The Morgan fingerprint density at radius 3 is 1.93 bits per heavy atom. The van der Waals surface area contributed by atoms with Gasteiger partial charge in [-0.1, -0.05) is 114 Å². The number of allylic oxidation sites excluding steroid dienone is 8. The topological polar surface area (TPSA) is 582 Å². The zero-order valence-electron chi connectivity index (χ0n) is 77.2. The number of nitrogens with two attached hydrogens (primary N) is 2. The summed E-state index contributed by atoms with van der Waals surface area (Å²) in [5.41, 5.74) is 16.8. The molecule has 1 saturated heterocycles. The number of carbonyl (C=O) groups is 11. The number of anilines is 1. The first-order chi connectivity index (χ1) is 62.1. The zero-order valence-corrected chi connectivity index (χ0v) is 79.7. The number of benzene rings is 3. The van der Waals surface area contributed by atoms with E-state index in [1.807, 2.05) is 128 Å². The molecule has 0 radical (unpaired) electrons. The van der Waals surface area contributed by atoms with E-state index in [1.54, 1.807) is 38.4 Å². The molecule has 39 nitrogen and oxygen atoms in total. The molecule has 0 aromatic heterocycles. The van der Waals surface area contributed by atoms with Crippen LogP contribution in [0.2, 0.25) is 0 Å². The van der Waals surface area contributed by atoms with Gasteiger partial charge in [0.25, 0.3) is 10.1 Å². The second-order valence-corrected chi connectivity index (χ2v) is 36.4. The van der Waals surface area contributed by atoms with Crippen LogP contribution in [0.5, 0.6) is 0 Å². The van der Waals surface area contributed by atoms with Crippen molar-refractivity contribution in [2.75, 3.05) is 110 Å². The number of amides is 11. The first kappa shape index (κ1) is 110. The van der Waals surface area contributed by atoms with E-state index in [2.05, 4.69) is 79.2 Å². The van der Waals surface area contributed by atoms with Gasteiger partial charge < -0.3 is 100.0 Å². The first-order valence-corrected chi connectivity index (χ1v) is 47.8. The highest BCUT2D eigenvalue weighted by Gasteiger charge is 2.42. The van der Waals surface area contributed by atoms with Gasteiger partial charge >= 0.3 is 0 Å². The molecule has 0 saturated carbocycles. The maximum atomic E-state index is 13.9. The molecule has 3 aromatic carbocycles. The lowest BCUT2D eigenvalue weighted by Gasteiger charge is -2.28. The Balaban J connectivity index is 1.01. The van der Waals surface area contributed by atoms with E-state index in [0.717, 1.165) is 51.3 Å². The van der Waals surface area contributed by atoms with Gasteiger partial charge in [-0.05, 0) is 181 Å². The van der Waals surface area contributed by atoms with Crippen LogP contribution in [-0.4, -0.2) is 262 Å². The Bertz CT molecular complexity index is 4830. The molecule has 0 bridgehead atoms. The predicted molar refractivity (Wildman–Crippen MR) is 506 cm³/mol. The molecule has 42 heteroatoms. The van der Waals surface area contributed by atoms with Gasteiger partial charge in [0.2, 0.25) is 65.0 Å². The molecule has 3 aromatic rings. The fourth-order valence-corrected chi connectivity index (χ4v) is 16.2. The van der Waals surface area contributed by atoms with Crippen molar-refractivity contribution in [1.29, 1.82) is 10.8 Å². The number of oxime groups is 1. The zero-order chi connectivity index (χ0) is 97.1. The highest BCUT2D eigenvalue weighted by Crippen LogP contribution is 2.49. The number of likely N-dealkylation sites (tertiary alicyclic amines) is 1. The number of guanidine groups is 2. The third-order valence-electron chi connectivity index (χ3n) is 21.7. The van der Waals surface area contributed by atoms with Gasteiger partial charge in [-0.3, -0.25) is 73.1 Å². The van der Waals surface area contributed by atoms with E-state index in [-0.39, 0.29) is 123 Å². The predicted octanol–water partition coefficient (Wildman–Crippen LogP) is 2.03. The average molecular weight is 1880 g/mol. The molecule has 0 unspecified atom stereocenters. The highest BCUT2D eigenvalue weighted by molar-refractivity contribution is 7.98. The first-order valence-electron chi connectivity index (χ1n) is 43.8. The summed E-state index contributed by atoms with van der Waals surface area (Å²) >= 11 is 1.20. The number of rotatable bonds is 56. The molecule has 20 N–H and O–H groups in total. The van der Waals surface area contributed by atoms with Crippen LogP contribution in [0.3, 0.4) is 0 Å². The number of nitrogens with one attached hydrogen (secondary N) is 15. The van der Waals surface area contributed by atoms with Crippen LogP contribution in [-0.2, 0) is 100 Å². The van der Waals surface area contributed by atoms with Gasteiger partial charge in [0.05, 0.1) is 47.8 Å². The molecule has 2 aliphatic heterocycles. The summed E-state index contributed by atoms with van der Waals surface area (Å²) in [6.45, 7) is 19.2. The van der Waals surface area contributed by atoms with Crippen molar-refractivity contribution in [1.82, 2.24) is 74.0 Å². The summed E-state index contributed by atoms with van der Waals surface area (Å²) in [5, 5.41) is 53.4. The number of hydrogen-bond donors (Lipinski definition) is 19. The number of ether oxygens (including phenoxy) is 1. The number of unbranched alkanes of at least 4 members (excludes halogenated alkanes) is 2. The molecule has 722 valence electrons. The number of fused-ring (bicyclic) bond motifs is 1. The van der Waals surface area contributed by atoms with Gasteiger partial charge in [-0.15, -0.1) is 0 Å². The highest BCUT2D eigenvalue weighted by atomic mass is 32.2. The maximum absolute atomic E-state index is 13.9. The van der Waals surface area contributed by atoms with Crippen LogP contribution in [0, 0.1) is 23.7 Å². The normalized spacial score (nSPS) is 15.7. The molecule has 0 aliphatic carbocycles. The van der Waals surface area contributed by atoms with Gasteiger partial charge in [0.15, 0.2) is 22.6 Å². The minimum atomic E-state index is -4.47. The third-order valence-corrected chi connectivity index (χ3v) is 24.0. The van der Waals surface area contributed by atoms with Crippen molar-refractivity contribution in [2.24, 2.45) is 27.5 Å². The third kappa shape index (κ3) is 36.9. The van der Waals surface area contributed by atoms with Crippen LogP contribution < -0.4 is 85.5 Å². The lowest BCUT2D eigenvalue weighted by Crippen LogP contribution is -2.57. The second-order valence-electron chi connectivity index (χ2n) is 33.0. The molecule has 11 amide bonds. The maximum Gasteiger partial charge on any atom is 0.294 e. The van der Waals surface area contributed by atoms with Gasteiger partial charge in [-0.25, -0.2) is 8.42 Å². The SMILES string of the molecule is CC\N=C(/C=C/C=C/C=C/C=C1/N(CCCCCC(=O)NCCO/N=C(\C)c2ccc(C[C@H](NC)C(=O)NCCOCC(=O)N3CCC[C@H]3C(=O)N[C@@H](CC(C)C)C(=O)NCC(=O)N[C@@H](CSC)C(=O)N[C@@H](C)C(=O)NCC(=O)N[C@H](CCCNC(=N)N)C(=O)N[C@H](CCCNC(=N)N)C(=O)NC)cc2)c2ccc(S(=O)(=O)O)cc2C1(C)C)C(C)(C)c1cc([SH](=O)=O)ccc1C. The van der Waals surface area contributed by atoms with Crippen molar-refractivity contribution < 1.29 is 83.7 Å². The van der Waals surface area contributed by atoms with E-state index in [9.17, 15) is 74.1 Å². The van der Waals surface area contributed by atoms with Gasteiger partial charge in [-0.2, -0.15) is 20.2 Å². The van der Waals surface area contributed by atoms with E-state index in [4.69, 9.17) is 36.9 Å². The number of carbonyl (C=O) groups excluding carboxylic acids is 11. The minimum absolute atomic E-state index is 0.0257. The Labute approximate surface area is 774 Å². The van der Waals surface area contributed by atoms with Gasteiger partial charge in [0, 0.05) is 86.4 Å². The van der Waals surface area contributed by atoms with Crippen molar-refractivity contribution in [3.63, 3.8) is 0 Å². The van der Waals surface area contributed by atoms with Crippen LogP contribution in [0.4, 0.5) is 5.69 Å². The van der Waals surface area contributed by atoms with Crippen LogP contribution in [0.25, 0.3) is 0 Å². The van der Waals surface area contributed by atoms with Crippen LogP contribution in [0.15, 0.2) is 129 Å². The molecule has 2 aliphatic rings. The standard InChI is InChI=1S/C89H135N21O18S3/c1-14-96-73(88(7,8)64-50-62(130(122)123)37-32-57(64)4)29-19-16-15-17-20-30-74-89(9,10)65-51-63(131(124,125)126)38-39-71(65)109(74)44-22-18-21-31-75(111)97-43-47-128-108-58(5)61-35-33-60(34-36-61)49-68(94-11)81(117)98-42-46-127-54-78(114)110-45-25-28-72(110)85(121)107-69(48-56(2)3)82(118)102-53-77(113)105-70(55-129-13)84(120)103-59(6)79(115)101-52-76(112)104-67(27-24-41-100-87(92)93)83(119)106-66(80(116)95-12)26-23-40-99-86(90)91/h15-17,19-20,29-30,32-39,50-51,56,59,66-70,72,94,130H,14,18,21-28,31,40-49,52-55H2,1-13H3,(H,95,116)(H,97,111)(H,98,117)(H,101,115)(H,102,118)(H,103,120)(H,104,112)(H,105,113)(H,106,119)(H,107,121)(H4,90,91,99)(H4,92,93,100)(H,124,125,126)/b16-15+,20-17+,29-19+,74-30+,96-73+,108-58+/t59-,66+,67+,68-,69-,70-,72-/m0/s1. The smallest absolute Gasteiger partial charge is 0.294 e. The monoisotopic (exact) mass is 1880 g/mol. The lowest BCUT2D eigenvalue weighted by molar-refractivity contribution is -0.142. The van der Waals surface area contributed by atoms with E-state index >= 15 is 0 Å². The summed E-state index contributed by atoms with van der Waals surface area (Å²) < 4.78 is 63.9. The largest absolute Gasteiger partial charge is 0.394 e. The fraction of sp³-hybridized carbons (Fsp3) is 0.539. The van der Waals surface area contributed by atoms with Crippen molar-refractivity contribution >= 4 is 127 Å². The summed E-state index contributed by atoms with van der Waals surface area (Å²) in [6.07, 6.45) is 19.4. The summed E-state index contributed by atoms with van der Waals surface area (Å²) in [4.78, 5) is 161. The Hall–Kier alpha value is -11.6. The number of hydrogen-bond acceptors (Lipinski definition) is 24. The summed E-state index contributed by atoms with van der Waals surface area (Å²) in [5.74, 6) is -7.24.